The molecule has 152 valence electrons. The number of amides is 1. The molecule has 2 aromatic carbocycles. The van der Waals surface area contributed by atoms with Crippen molar-refractivity contribution in [3.8, 4) is 5.75 Å². The molecule has 0 aliphatic carbocycles. The lowest BCUT2D eigenvalue weighted by Crippen LogP contribution is -2.15. The molecule has 0 fully saturated rings. The van der Waals surface area contributed by atoms with Crippen molar-refractivity contribution in [3.05, 3.63) is 63.9 Å². The normalized spacial score (nSPS) is 10.8. The number of hydrogen-bond acceptors (Lipinski definition) is 5. The summed E-state index contributed by atoms with van der Waals surface area (Å²) in [6.45, 7) is 4.97. The third kappa shape index (κ3) is 5.88. The molecule has 0 aliphatic heterocycles. The van der Waals surface area contributed by atoms with Gasteiger partial charge in [0.05, 0.1) is 5.75 Å². The first-order valence-corrected chi connectivity index (χ1v) is 10.7. The zero-order valence-electron chi connectivity index (χ0n) is 16.0. The van der Waals surface area contributed by atoms with Gasteiger partial charge in [0.2, 0.25) is 5.91 Å². The highest BCUT2D eigenvalue weighted by atomic mass is 35.5. The number of halogens is 2. The van der Waals surface area contributed by atoms with E-state index in [-0.39, 0.29) is 11.7 Å². The van der Waals surface area contributed by atoms with E-state index in [2.05, 4.69) is 15.5 Å². The first-order chi connectivity index (χ1) is 14.0. The Morgan fingerprint density at radius 1 is 1.17 bits per heavy atom. The summed E-state index contributed by atoms with van der Waals surface area (Å²) in [7, 11) is 0. The molecule has 1 N–H and O–H groups in total. The fraction of sp³-hybridized carbons (Fsp3) is 0.250. The summed E-state index contributed by atoms with van der Waals surface area (Å²) in [6, 6.07) is 12.7. The lowest BCUT2D eigenvalue weighted by molar-refractivity contribution is -0.113. The Balaban J connectivity index is 1.59. The first kappa shape index (κ1) is 21.5. The largest absolute Gasteiger partial charge is 0.485 e. The van der Waals surface area contributed by atoms with Crippen LogP contribution in [0.1, 0.15) is 18.3 Å². The van der Waals surface area contributed by atoms with Crippen molar-refractivity contribution in [1.29, 1.82) is 0 Å². The maximum absolute atomic E-state index is 12.3. The van der Waals surface area contributed by atoms with Crippen molar-refractivity contribution >= 4 is 46.6 Å². The summed E-state index contributed by atoms with van der Waals surface area (Å²) >= 11 is 13.2. The van der Waals surface area contributed by atoms with E-state index in [1.54, 1.807) is 18.2 Å². The summed E-state index contributed by atoms with van der Waals surface area (Å²) in [5.41, 5.74) is 1.61. The standard InChI is InChI=1S/C20H20Cl2N4O2S/c1-3-26-18(11-28-17-7-5-4-6-13(17)2)24-25-20(26)29-12-19(27)23-16-9-14(21)8-15(22)10-16/h4-10H,3,11-12H2,1-2H3,(H,23,27). The van der Waals surface area contributed by atoms with Crippen LogP contribution in [0.15, 0.2) is 47.6 Å². The second-order valence-electron chi connectivity index (χ2n) is 6.19. The number of anilines is 1. The molecule has 1 amide bonds. The van der Waals surface area contributed by atoms with Gasteiger partial charge in [0.15, 0.2) is 11.0 Å². The molecule has 9 heteroatoms. The number of carbonyl (C=O) groups excluding carboxylic acids is 1. The Morgan fingerprint density at radius 2 is 1.90 bits per heavy atom. The van der Waals surface area contributed by atoms with Crippen LogP contribution in [-0.2, 0) is 17.9 Å². The van der Waals surface area contributed by atoms with E-state index in [0.717, 1.165) is 11.3 Å². The van der Waals surface area contributed by atoms with E-state index in [1.165, 1.54) is 11.8 Å². The number of carbonyl (C=O) groups is 1. The van der Waals surface area contributed by atoms with Gasteiger partial charge >= 0.3 is 0 Å². The Kier molecular flexibility index (Phi) is 7.41. The minimum atomic E-state index is -0.184. The fourth-order valence-corrected chi connectivity index (χ4v) is 4.01. The van der Waals surface area contributed by atoms with Gasteiger partial charge in [0, 0.05) is 22.3 Å². The minimum absolute atomic E-state index is 0.181. The quantitative estimate of drug-likeness (QED) is 0.476. The number of thioether (sulfide) groups is 1. The lowest BCUT2D eigenvalue weighted by atomic mass is 10.2. The van der Waals surface area contributed by atoms with Gasteiger partial charge in [-0.05, 0) is 43.7 Å². The molecule has 6 nitrogen and oxygen atoms in total. The second-order valence-corrected chi connectivity index (χ2v) is 8.01. The Labute approximate surface area is 183 Å². The maximum Gasteiger partial charge on any atom is 0.234 e. The highest BCUT2D eigenvalue weighted by Crippen LogP contribution is 2.24. The number of nitrogens with zero attached hydrogens (tertiary/aromatic N) is 3. The molecule has 1 heterocycles. The summed E-state index contributed by atoms with van der Waals surface area (Å²) in [5.74, 6) is 1.52. The SMILES string of the molecule is CCn1c(COc2ccccc2C)nnc1SCC(=O)Nc1cc(Cl)cc(Cl)c1. The van der Waals surface area contributed by atoms with Crippen LogP contribution >= 0.6 is 35.0 Å². The van der Waals surface area contributed by atoms with Gasteiger partial charge in [0.1, 0.15) is 12.4 Å². The Hall–Kier alpha value is -2.22. The van der Waals surface area contributed by atoms with Crippen LogP contribution in [0.4, 0.5) is 5.69 Å². The number of aromatic nitrogens is 3. The van der Waals surface area contributed by atoms with E-state index >= 15 is 0 Å². The van der Waals surface area contributed by atoms with Crippen molar-refractivity contribution in [2.24, 2.45) is 0 Å². The zero-order chi connectivity index (χ0) is 20.8. The van der Waals surface area contributed by atoms with E-state index < -0.39 is 0 Å². The summed E-state index contributed by atoms with van der Waals surface area (Å²) in [6.07, 6.45) is 0. The molecule has 1 aromatic heterocycles. The fourth-order valence-electron chi connectivity index (χ4n) is 2.66. The van der Waals surface area contributed by atoms with Gasteiger partial charge in [-0.3, -0.25) is 4.79 Å². The van der Waals surface area contributed by atoms with Crippen LogP contribution in [0.3, 0.4) is 0 Å². The molecule has 0 atom stereocenters. The van der Waals surface area contributed by atoms with Crippen LogP contribution < -0.4 is 10.1 Å². The van der Waals surface area contributed by atoms with Crippen molar-refractivity contribution in [1.82, 2.24) is 14.8 Å². The second kappa shape index (κ2) is 10.0. The van der Waals surface area contributed by atoms with Crippen LogP contribution in [0.25, 0.3) is 0 Å². The molecule has 0 saturated carbocycles. The topological polar surface area (TPSA) is 69.0 Å². The number of para-hydroxylation sites is 1. The van der Waals surface area contributed by atoms with Crippen molar-refractivity contribution in [3.63, 3.8) is 0 Å². The molecule has 0 radical (unpaired) electrons. The first-order valence-electron chi connectivity index (χ1n) is 8.95. The highest BCUT2D eigenvalue weighted by molar-refractivity contribution is 7.99. The van der Waals surface area contributed by atoms with Crippen LogP contribution in [0.2, 0.25) is 10.0 Å². The number of nitrogens with one attached hydrogen (secondary N) is 1. The zero-order valence-corrected chi connectivity index (χ0v) is 18.3. The van der Waals surface area contributed by atoms with Crippen LogP contribution in [0.5, 0.6) is 5.75 Å². The number of aryl methyl sites for hydroxylation is 1. The average Bonchev–Trinajstić information content (AvgIpc) is 3.06. The highest BCUT2D eigenvalue weighted by Gasteiger charge is 2.14. The van der Waals surface area contributed by atoms with E-state index in [4.69, 9.17) is 27.9 Å². The molecule has 0 spiro atoms. The maximum atomic E-state index is 12.3. The molecule has 29 heavy (non-hydrogen) atoms. The summed E-state index contributed by atoms with van der Waals surface area (Å²) in [4.78, 5) is 12.3. The van der Waals surface area contributed by atoms with Crippen molar-refractivity contribution in [2.45, 2.75) is 32.2 Å². The third-order valence-corrected chi connectivity index (χ3v) is 5.44. The van der Waals surface area contributed by atoms with Crippen molar-refractivity contribution < 1.29 is 9.53 Å². The average molecular weight is 451 g/mol. The predicted octanol–water partition coefficient (Wildman–Crippen LogP) is 5.22. The van der Waals surface area contributed by atoms with Gasteiger partial charge in [-0.2, -0.15) is 0 Å². The van der Waals surface area contributed by atoms with Gasteiger partial charge in [0.25, 0.3) is 0 Å². The van der Waals surface area contributed by atoms with Gasteiger partial charge < -0.3 is 14.6 Å². The number of hydrogen-bond donors (Lipinski definition) is 1. The van der Waals surface area contributed by atoms with Gasteiger partial charge in [-0.15, -0.1) is 10.2 Å². The monoisotopic (exact) mass is 450 g/mol. The number of ether oxygens (including phenoxy) is 1. The Morgan fingerprint density at radius 3 is 2.59 bits per heavy atom. The summed E-state index contributed by atoms with van der Waals surface area (Å²) < 4.78 is 7.81. The Bertz CT molecular complexity index is 990. The van der Waals surface area contributed by atoms with E-state index in [1.807, 2.05) is 42.7 Å². The molecule has 0 bridgehead atoms. The van der Waals surface area contributed by atoms with Crippen LogP contribution in [-0.4, -0.2) is 26.4 Å². The number of benzene rings is 2. The van der Waals surface area contributed by atoms with Crippen molar-refractivity contribution in [2.75, 3.05) is 11.1 Å². The van der Waals surface area contributed by atoms with E-state index in [0.29, 0.717) is 39.9 Å². The van der Waals surface area contributed by atoms with E-state index in [9.17, 15) is 4.79 Å². The summed E-state index contributed by atoms with van der Waals surface area (Å²) in [5, 5.41) is 12.8. The molecule has 3 aromatic rings. The smallest absolute Gasteiger partial charge is 0.234 e. The predicted molar refractivity (Wildman–Crippen MR) is 117 cm³/mol. The molecule has 0 unspecified atom stereocenters. The van der Waals surface area contributed by atoms with Gasteiger partial charge in [-0.1, -0.05) is 53.2 Å². The molecular weight excluding hydrogens is 431 g/mol. The minimum Gasteiger partial charge on any atom is -0.485 e. The third-order valence-electron chi connectivity index (χ3n) is 4.04. The number of rotatable bonds is 8. The van der Waals surface area contributed by atoms with Crippen LogP contribution in [0, 0.1) is 6.92 Å². The molecule has 0 saturated heterocycles. The molecule has 0 aliphatic rings. The lowest BCUT2D eigenvalue weighted by Gasteiger charge is -2.10. The van der Waals surface area contributed by atoms with Gasteiger partial charge in [-0.25, -0.2) is 0 Å². The molecule has 3 rings (SSSR count). The molecular formula is C20H20Cl2N4O2S.